The molecule has 0 aliphatic rings. The zero-order valence-electron chi connectivity index (χ0n) is 11.4. The summed E-state index contributed by atoms with van der Waals surface area (Å²) in [6.45, 7) is 0.0911. The Labute approximate surface area is 127 Å². The van der Waals surface area contributed by atoms with Gasteiger partial charge in [-0.3, -0.25) is 16.0 Å². The highest BCUT2D eigenvalue weighted by atomic mass is 32.2. The largest absolute Gasteiger partial charge is 0.318 e. The normalized spacial score (nSPS) is 11.1. The molecule has 22 heavy (non-hydrogen) atoms. The molecule has 4 N–H and O–H groups in total. The summed E-state index contributed by atoms with van der Waals surface area (Å²) in [4.78, 5) is 10.0. The average Bonchev–Trinajstić information content (AvgIpc) is 2.53. The number of nitrogens with two attached hydrogens (primary N) is 1. The van der Waals surface area contributed by atoms with Gasteiger partial charge in [0.25, 0.3) is 5.69 Å². The molecule has 0 saturated heterocycles. The molecule has 8 nitrogen and oxygen atoms in total. The van der Waals surface area contributed by atoms with Gasteiger partial charge < -0.3 is 5.43 Å². The lowest BCUT2D eigenvalue weighted by Gasteiger charge is -2.08. The van der Waals surface area contributed by atoms with Crippen LogP contribution in [0.2, 0.25) is 0 Å². The molecule has 2 rings (SSSR count). The smallest absolute Gasteiger partial charge is 0.294 e. The molecule has 0 aliphatic heterocycles. The number of nitrogens with one attached hydrogen (secondary N) is 2. The van der Waals surface area contributed by atoms with Crippen LogP contribution < -0.4 is 16.0 Å². The molecule has 9 heteroatoms. The maximum absolute atomic E-state index is 12.2. The molecule has 0 aromatic heterocycles. The first-order valence-electron chi connectivity index (χ1n) is 6.22. The minimum atomic E-state index is -3.86. The topological polar surface area (TPSA) is 127 Å². The number of hydrogen-bond donors (Lipinski definition) is 3. The number of benzene rings is 2. The Morgan fingerprint density at radius 2 is 1.82 bits per heavy atom. The molecule has 0 aliphatic carbocycles. The van der Waals surface area contributed by atoms with Crippen LogP contribution in [-0.4, -0.2) is 13.3 Å². The van der Waals surface area contributed by atoms with Gasteiger partial charge in [0.1, 0.15) is 5.69 Å². The van der Waals surface area contributed by atoms with Crippen molar-refractivity contribution in [2.75, 3.05) is 5.43 Å². The van der Waals surface area contributed by atoms with Crippen LogP contribution in [0.25, 0.3) is 0 Å². The number of rotatable bonds is 6. The summed E-state index contributed by atoms with van der Waals surface area (Å²) in [6, 6.07) is 12.4. The molecular weight excluding hydrogens is 308 g/mol. The summed E-state index contributed by atoms with van der Waals surface area (Å²) in [5.74, 6) is 5.16. The second kappa shape index (κ2) is 6.52. The van der Waals surface area contributed by atoms with Crippen molar-refractivity contribution in [3.05, 3.63) is 64.2 Å². The van der Waals surface area contributed by atoms with Crippen LogP contribution in [0.3, 0.4) is 0 Å². The van der Waals surface area contributed by atoms with Crippen molar-refractivity contribution < 1.29 is 13.3 Å². The zero-order valence-corrected chi connectivity index (χ0v) is 12.2. The molecule has 0 saturated carbocycles. The Bertz CT molecular complexity index is 778. The number of anilines is 1. The van der Waals surface area contributed by atoms with Gasteiger partial charge in [-0.1, -0.05) is 30.3 Å². The molecule has 0 amide bonds. The second-order valence-corrected chi connectivity index (χ2v) is 6.16. The molecule has 0 bridgehead atoms. The van der Waals surface area contributed by atoms with E-state index >= 15 is 0 Å². The van der Waals surface area contributed by atoms with Gasteiger partial charge in [-0.15, -0.1) is 0 Å². The van der Waals surface area contributed by atoms with Crippen LogP contribution in [-0.2, 0) is 16.6 Å². The van der Waals surface area contributed by atoms with Crippen molar-refractivity contribution >= 4 is 21.4 Å². The van der Waals surface area contributed by atoms with Gasteiger partial charge in [-0.25, -0.2) is 13.1 Å². The maximum atomic E-state index is 12.2. The van der Waals surface area contributed by atoms with E-state index in [0.717, 1.165) is 11.6 Å². The number of nitro groups is 1. The summed E-state index contributed by atoms with van der Waals surface area (Å²) >= 11 is 0. The highest BCUT2D eigenvalue weighted by Crippen LogP contribution is 2.26. The summed E-state index contributed by atoms with van der Waals surface area (Å²) in [6.07, 6.45) is 0. The number of nitrogens with zero attached hydrogens (tertiary/aromatic N) is 1. The van der Waals surface area contributed by atoms with Crippen LogP contribution in [0.15, 0.2) is 53.4 Å². The quantitative estimate of drug-likeness (QED) is 0.418. The second-order valence-electron chi connectivity index (χ2n) is 4.39. The van der Waals surface area contributed by atoms with Gasteiger partial charge in [0, 0.05) is 12.6 Å². The first kappa shape index (κ1) is 15.9. The van der Waals surface area contributed by atoms with Crippen LogP contribution in [0, 0.1) is 10.1 Å². The third-order valence-corrected chi connectivity index (χ3v) is 4.34. The van der Waals surface area contributed by atoms with Crippen molar-refractivity contribution in [2.24, 2.45) is 5.84 Å². The lowest BCUT2D eigenvalue weighted by Crippen LogP contribution is -2.23. The highest BCUT2D eigenvalue weighted by molar-refractivity contribution is 7.89. The Morgan fingerprint density at radius 1 is 1.14 bits per heavy atom. The Hall–Kier alpha value is -2.49. The minimum absolute atomic E-state index is 0.0343. The average molecular weight is 322 g/mol. The number of sulfonamides is 1. The van der Waals surface area contributed by atoms with E-state index in [-0.39, 0.29) is 17.1 Å². The van der Waals surface area contributed by atoms with Crippen molar-refractivity contribution in [1.29, 1.82) is 0 Å². The van der Waals surface area contributed by atoms with E-state index in [1.54, 1.807) is 24.3 Å². The molecule has 116 valence electrons. The molecule has 0 unspecified atom stereocenters. The molecule has 2 aromatic carbocycles. The van der Waals surface area contributed by atoms with Crippen molar-refractivity contribution in [1.82, 2.24) is 4.72 Å². The minimum Gasteiger partial charge on any atom is -0.318 e. The fourth-order valence-electron chi connectivity index (χ4n) is 1.81. The number of nitrogen functional groups attached to an aromatic ring is 1. The number of nitro benzene ring substituents is 1. The predicted molar refractivity (Wildman–Crippen MR) is 81.4 cm³/mol. The van der Waals surface area contributed by atoms with E-state index in [1.165, 1.54) is 12.1 Å². The molecule has 0 spiro atoms. The number of hydrazine groups is 1. The molecule has 2 aromatic rings. The third kappa shape index (κ3) is 3.58. The lowest BCUT2D eigenvalue weighted by molar-refractivity contribution is -0.384. The van der Waals surface area contributed by atoms with Gasteiger partial charge in [0.05, 0.1) is 9.82 Å². The standard InChI is InChI=1S/C13H14N4O4S/c14-16-12-7-6-11(8-13(12)17(18)19)22(20,21)15-9-10-4-2-1-3-5-10/h1-8,15-16H,9,14H2. The summed E-state index contributed by atoms with van der Waals surface area (Å²) in [7, 11) is -3.86. The van der Waals surface area contributed by atoms with E-state index in [0.29, 0.717) is 0 Å². The lowest BCUT2D eigenvalue weighted by atomic mass is 10.2. The fraction of sp³-hybridized carbons (Fsp3) is 0.0769. The van der Waals surface area contributed by atoms with E-state index in [9.17, 15) is 18.5 Å². The van der Waals surface area contributed by atoms with Crippen molar-refractivity contribution in [3.8, 4) is 0 Å². The molecule has 0 fully saturated rings. The van der Waals surface area contributed by atoms with E-state index < -0.39 is 20.6 Å². The molecule has 0 atom stereocenters. The summed E-state index contributed by atoms with van der Waals surface area (Å²) in [5.41, 5.74) is 2.56. The zero-order chi connectivity index (χ0) is 16.2. The SMILES string of the molecule is NNc1ccc(S(=O)(=O)NCc2ccccc2)cc1[N+](=O)[O-]. The van der Waals surface area contributed by atoms with Crippen LogP contribution in [0.5, 0.6) is 0 Å². The Balaban J connectivity index is 2.26. The molecular formula is C13H14N4O4S. The number of hydrogen-bond acceptors (Lipinski definition) is 6. The van der Waals surface area contributed by atoms with Crippen LogP contribution >= 0.6 is 0 Å². The molecule has 0 heterocycles. The molecule has 0 radical (unpaired) electrons. The van der Waals surface area contributed by atoms with Crippen LogP contribution in [0.4, 0.5) is 11.4 Å². The first-order chi connectivity index (χ1) is 10.4. The highest BCUT2D eigenvalue weighted by Gasteiger charge is 2.20. The summed E-state index contributed by atoms with van der Waals surface area (Å²) < 4.78 is 26.8. The van der Waals surface area contributed by atoms with Gasteiger partial charge in [-0.05, 0) is 17.7 Å². The van der Waals surface area contributed by atoms with E-state index in [2.05, 4.69) is 10.1 Å². The van der Waals surface area contributed by atoms with Gasteiger partial charge in [0.15, 0.2) is 0 Å². The predicted octanol–water partition coefficient (Wildman–Crippen LogP) is 1.36. The van der Waals surface area contributed by atoms with Gasteiger partial charge in [-0.2, -0.15) is 0 Å². The Morgan fingerprint density at radius 3 is 2.41 bits per heavy atom. The first-order valence-corrected chi connectivity index (χ1v) is 7.71. The van der Waals surface area contributed by atoms with Crippen molar-refractivity contribution in [3.63, 3.8) is 0 Å². The summed E-state index contributed by atoms with van der Waals surface area (Å²) in [5, 5.41) is 10.9. The van der Waals surface area contributed by atoms with Crippen LogP contribution in [0.1, 0.15) is 5.56 Å². The van der Waals surface area contributed by atoms with Gasteiger partial charge >= 0.3 is 0 Å². The van der Waals surface area contributed by atoms with Crippen molar-refractivity contribution in [2.45, 2.75) is 11.4 Å². The Kier molecular flexibility index (Phi) is 4.71. The van der Waals surface area contributed by atoms with Gasteiger partial charge in [0.2, 0.25) is 10.0 Å². The monoisotopic (exact) mass is 322 g/mol. The maximum Gasteiger partial charge on any atom is 0.294 e. The third-order valence-electron chi connectivity index (χ3n) is 2.94. The van der Waals surface area contributed by atoms with E-state index in [4.69, 9.17) is 5.84 Å². The fourth-order valence-corrected chi connectivity index (χ4v) is 2.85. The van der Waals surface area contributed by atoms with E-state index in [1.807, 2.05) is 6.07 Å².